The van der Waals surface area contributed by atoms with Gasteiger partial charge in [-0.05, 0) is 30.3 Å². The van der Waals surface area contributed by atoms with Crippen LogP contribution >= 0.6 is 34.8 Å². The number of carbonyl (C=O) groups excluding carboxylic acids is 2. The molecule has 0 spiro atoms. The average Bonchev–Trinajstić information content (AvgIpc) is 2.55. The number of amides is 1. The van der Waals surface area contributed by atoms with Gasteiger partial charge in [-0.3, -0.25) is 4.79 Å². The lowest BCUT2D eigenvalue weighted by molar-refractivity contribution is -0.119. The standard InChI is InChI=1S/C16H10Cl3F2NO4/c17-9-2-1-3-10(18)14(9)15(24)25-7-13(23)22-8-4-5-12(11(19)6-8)26-16(20)21/h1-6,16H,7H2,(H,22,23). The fraction of sp³-hybridized carbons (Fsp3) is 0.125. The van der Waals surface area contributed by atoms with E-state index >= 15 is 0 Å². The van der Waals surface area contributed by atoms with Crippen molar-refractivity contribution in [2.24, 2.45) is 0 Å². The second kappa shape index (κ2) is 9.02. The molecule has 0 aliphatic carbocycles. The van der Waals surface area contributed by atoms with Gasteiger partial charge in [-0.25, -0.2) is 4.79 Å². The Balaban J connectivity index is 1.95. The van der Waals surface area contributed by atoms with E-state index in [1.807, 2.05) is 0 Å². The zero-order chi connectivity index (χ0) is 19.3. The lowest BCUT2D eigenvalue weighted by Crippen LogP contribution is -2.21. The minimum Gasteiger partial charge on any atom is -0.452 e. The van der Waals surface area contributed by atoms with Crippen molar-refractivity contribution >= 4 is 52.4 Å². The number of benzene rings is 2. The van der Waals surface area contributed by atoms with Gasteiger partial charge in [0.05, 0.1) is 20.6 Å². The maximum Gasteiger partial charge on any atom is 0.387 e. The summed E-state index contributed by atoms with van der Waals surface area (Å²) < 4.78 is 33.4. The van der Waals surface area contributed by atoms with Crippen molar-refractivity contribution in [1.29, 1.82) is 0 Å². The molecule has 0 aliphatic rings. The van der Waals surface area contributed by atoms with E-state index in [9.17, 15) is 18.4 Å². The molecule has 2 rings (SSSR count). The van der Waals surface area contributed by atoms with Crippen molar-refractivity contribution in [3.8, 4) is 5.75 Å². The largest absolute Gasteiger partial charge is 0.452 e. The van der Waals surface area contributed by atoms with Crippen LogP contribution in [0.15, 0.2) is 36.4 Å². The third-order valence-electron chi connectivity index (χ3n) is 2.93. The first-order valence-electron chi connectivity index (χ1n) is 6.93. The number of carbonyl (C=O) groups is 2. The highest BCUT2D eigenvalue weighted by molar-refractivity contribution is 6.39. The van der Waals surface area contributed by atoms with Crippen molar-refractivity contribution in [3.63, 3.8) is 0 Å². The first-order chi connectivity index (χ1) is 12.3. The monoisotopic (exact) mass is 423 g/mol. The molecule has 0 saturated carbocycles. The van der Waals surface area contributed by atoms with E-state index in [0.29, 0.717) is 0 Å². The Morgan fingerprint density at radius 2 is 1.69 bits per heavy atom. The molecule has 0 fully saturated rings. The average molecular weight is 425 g/mol. The summed E-state index contributed by atoms with van der Waals surface area (Å²) in [6.45, 7) is -3.64. The summed E-state index contributed by atoms with van der Waals surface area (Å²) in [5.41, 5.74) is 0.147. The second-order valence-corrected chi connectivity index (χ2v) is 5.97. The van der Waals surface area contributed by atoms with Crippen LogP contribution in [0.3, 0.4) is 0 Å². The van der Waals surface area contributed by atoms with Gasteiger partial charge < -0.3 is 14.8 Å². The number of hydrogen-bond donors (Lipinski definition) is 1. The number of rotatable bonds is 6. The molecule has 2 aromatic carbocycles. The summed E-state index contributed by atoms with van der Waals surface area (Å²) in [5.74, 6) is -1.78. The third-order valence-corrected chi connectivity index (χ3v) is 3.86. The lowest BCUT2D eigenvalue weighted by atomic mass is 10.2. The van der Waals surface area contributed by atoms with Gasteiger partial charge in [-0.2, -0.15) is 8.78 Å². The summed E-state index contributed by atoms with van der Waals surface area (Å²) in [7, 11) is 0. The molecule has 1 N–H and O–H groups in total. The second-order valence-electron chi connectivity index (χ2n) is 4.74. The van der Waals surface area contributed by atoms with E-state index in [1.165, 1.54) is 30.3 Å². The van der Waals surface area contributed by atoms with Crippen molar-refractivity contribution < 1.29 is 27.8 Å². The van der Waals surface area contributed by atoms with Crippen LogP contribution in [-0.4, -0.2) is 25.1 Å². The number of anilines is 1. The fourth-order valence-corrected chi connectivity index (χ4v) is 2.64. The van der Waals surface area contributed by atoms with Gasteiger partial charge >= 0.3 is 12.6 Å². The molecular formula is C16H10Cl3F2NO4. The van der Waals surface area contributed by atoms with Crippen molar-refractivity contribution in [2.45, 2.75) is 6.61 Å². The normalized spacial score (nSPS) is 10.5. The summed E-state index contributed by atoms with van der Waals surface area (Å²) in [5, 5.41) is 2.44. The van der Waals surface area contributed by atoms with Gasteiger partial charge in [0.2, 0.25) is 0 Å². The fourth-order valence-electron chi connectivity index (χ4n) is 1.86. The van der Waals surface area contributed by atoms with E-state index in [4.69, 9.17) is 39.5 Å². The van der Waals surface area contributed by atoms with Crippen LogP contribution in [0, 0.1) is 0 Å². The Hall–Kier alpha value is -2.09. The van der Waals surface area contributed by atoms with Crippen LogP contribution < -0.4 is 10.1 Å². The van der Waals surface area contributed by atoms with E-state index in [2.05, 4.69) is 10.1 Å². The Morgan fingerprint density at radius 1 is 1.04 bits per heavy atom. The van der Waals surface area contributed by atoms with Gasteiger partial charge in [0.15, 0.2) is 6.61 Å². The lowest BCUT2D eigenvalue weighted by Gasteiger charge is -2.10. The van der Waals surface area contributed by atoms with E-state index in [1.54, 1.807) is 6.07 Å². The maximum absolute atomic E-state index is 12.2. The summed E-state index contributed by atoms with van der Waals surface area (Å²) in [6.07, 6.45) is 0. The molecule has 5 nitrogen and oxygen atoms in total. The number of alkyl halides is 2. The SMILES string of the molecule is O=C(COC(=O)c1c(Cl)cccc1Cl)Nc1ccc(OC(F)F)c(Cl)c1. The molecule has 0 aromatic heterocycles. The van der Waals surface area contributed by atoms with Crippen LogP contribution in [-0.2, 0) is 9.53 Å². The zero-order valence-electron chi connectivity index (χ0n) is 12.8. The number of esters is 1. The topological polar surface area (TPSA) is 64.6 Å². The third kappa shape index (κ3) is 5.45. The predicted molar refractivity (Wildman–Crippen MR) is 93.5 cm³/mol. The molecule has 0 saturated heterocycles. The Labute approximate surface area is 161 Å². The molecule has 0 aliphatic heterocycles. The van der Waals surface area contributed by atoms with Crippen LogP contribution in [0.4, 0.5) is 14.5 Å². The van der Waals surface area contributed by atoms with Gasteiger partial charge in [-0.1, -0.05) is 40.9 Å². The van der Waals surface area contributed by atoms with Gasteiger partial charge in [0.25, 0.3) is 5.91 Å². The number of nitrogens with one attached hydrogen (secondary N) is 1. The van der Waals surface area contributed by atoms with Crippen molar-refractivity contribution in [3.05, 3.63) is 57.0 Å². The Bertz CT molecular complexity index is 813. The van der Waals surface area contributed by atoms with Crippen LogP contribution in [0.5, 0.6) is 5.75 Å². The molecule has 10 heteroatoms. The Kier molecular flexibility index (Phi) is 7.02. The minimum absolute atomic E-state index is 0.0554. The van der Waals surface area contributed by atoms with Crippen LogP contribution in [0.25, 0.3) is 0 Å². The highest BCUT2D eigenvalue weighted by Gasteiger charge is 2.17. The molecule has 0 bridgehead atoms. The van der Waals surface area contributed by atoms with E-state index < -0.39 is 25.1 Å². The number of halogens is 5. The van der Waals surface area contributed by atoms with Gasteiger partial charge in [-0.15, -0.1) is 0 Å². The summed E-state index contributed by atoms with van der Waals surface area (Å²) in [4.78, 5) is 23.8. The number of ether oxygens (including phenoxy) is 2. The molecule has 0 unspecified atom stereocenters. The predicted octanol–water partition coefficient (Wildman–Crippen LogP) is 5.04. The number of hydrogen-bond acceptors (Lipinski definition) is 4. The van der Waals surface area contributed by atoms with Crippen molar-refractivity contribution in [1.82, 2.24) is 0 Å². The Morgan fingerprint density at radius 3 is 2.27 bits per heavy atom. The zero-order valence-corrected chi connectivity index (χ0v) is 15.0. The molecule has 26 heavy (non-hydrogen) atoms. The van der Waals surface area contributed by atoms with E-state index in [-0.39, 0.29) is 32.1 Å². The first-order valence-corrected chi connectivity index (χ1v) is 8.06. The first kappa shape index (κ1) is 20.2. The molecule has 0 heterocycles. The van der Waals surface area contributed by atoms with Crippen LogP contribution in [0.1, 0.15) is 10.4 Å². The van der Waals surface area contributed by atoms with E-state index in [0.717, 1.165) is 0 Å². The minimum atomic E-state index is -3.02. The van der Waals surface area contributed by atoms with Gasteiger partial charge in [0.1, 0.15) is 5.75 Å². The highest BCUT2D eigenvalue weighted by Crippen LogP contribution is 2.29. The van der Waals surface area contributed by atoms with Gasteiger partial charge in [0, 0.05) is 5.69 Å². The molecule has 0 radical (unpaired) electrons. The maximum atomic E-state index is 12.2. The molecule has 0 atom stereocenters. The quantitative estimate of drug-likeness (QED) is 0.660. The van der Waals surface area contributed by atoms with Crippen LogP contribution in [0.2, 0.25) is 15.1 Å². The molecule has 1 amide bonds. The molecule has 2 aromatic rings. The summed E-state index contributed by atoms with van der Waals surface area (Å²) in [6, 6.07) is 8.14. The molecular weight excluding hydrogens is 415 g/mol. The summed E-state index contributed by atoms with van der Waals surface area (Å²) >= 11 is 17.5. The highest BCUT2D eigenvalue weighted by atomic mass is 35.5. The molecule has 138 valence electrons. The van der Waals surface area contributed by atoms with Crippen molar-refractivity contribution in [2.75, 3.05) is 11.9 Å². The smallest absolute Gasteiger partial charge is 0.387 e.